The summed E-state index contributed by atoms with van der Waals surface area (Å²) in [5, 5.41) is 35.3. The molecule has 3 heterocycles. The van der Waals surface area contributed by atoms with Gasteiger partial charge in [-0.3, -0.25) is 14.4 Å². The molecule has 0 spiro atoms. The summed E-state index contributed by atoms with van der Waals surface area (Å²) in [6.45, 7) is 6.66. The van der Waals surface area contributed by atoms with E-state index in [-0.39, 0.29) is 72.3 Å². The number of hydrogen-bond acceptors (Lipinski definition) is 12. The largest absolute Gasteiger partial charge is 0.497 e. The van der Waals surface area contributed by atoms with Gasteiger partial charge in [0, 0.05) is 57.8 Å². The minimum atomic E-state index is -1.18. The van der Waals surface area contributed by atoms with Gasteiger partial charge in [-0.25, -0.2) is 29.3 Å². The Bertz CT molecular complexity index is 2390. The third-order valence-electron chi connectivity index (χ3n) is 9.11. The van der Waals surface area contributed by atoms with E-state index < -0.39 is 35.6 Å². The van der Waals surface area contributed by atoms with Gasteiger partial charge in [-0.15, -0.1) is 0 Å². The second-order valence-electron chi connectivity index (χ2n) is 13.6. The van der Waals surface area contributed by atoms with E-state index in [1.807, 2.05) is 0 Å². The molecule has 6 rings (SSSR count). The first-order valence-electron chi connectivity index (χ1n) is 20.2. The molecule has 19 heteroatoms. The van der Waals surface area contributed by atoms with Crippen LogP contribution in [0.4, 0.5) is 0 Å². The third kappa shape index (κ3) is 15.6. The van der Waals surface area contributed by atoms with Crippen molar-refractivity contribution in [3.63, 3.8) is 0 Å². The molecule has 0 radical (unpaired) electrons. The summed E-state index contributed by atoms with van der Waals surface area (Å²) in [6, 6.07) is 30.4. The van der Waals surface area contributed by atoms with Crippen LogP contribution >= 0.6 is 0 Å². The van der Waals surface area contributed by atoms with Crippen LogP contribution in [0.5, 0.6) is 17.2 Å². The molecule has 0 aliphatic carbocycles. The van der Waals surface area contributed by atoms with Gasteiger partial charge in [-0.2, -0.15) is 0 Å². The average molecular weight is 1060 g/mol. The van der Waals surface area contributed by atoms with Gasteiger partial charge in [-0.05, 0) is 127 Å². The molecule has 0 atom stereocenters. The van der Waals surface area contributed by atoms with Gasteiger partial charge < -0.3 is 45.5 Å². The first kappa shape index (κ1) is 53.9. The van der Waals surface area contributed by atoms with Gasteiger partial charge in [0.05, 0.1) is 21.3 Å². The molecule has 3 amide bonds. The Kier molecular flexibility index (Phi) is 21.4. The van der Waals surface area contributed by atoms with Gasteiger partial charge in [-0.1, -0.05) is 36.4 Å². The smallest absolute Gasteiger partial charge is 0.354 e. The Morgan fingerprint density at radius 1 is 0.388 bits per heavy atom. The number of pyridine rings is 3. The van der Waals surface area contributed by atoms with Crippen LogP contribution in [-0.4, -0.2) is 107 Å². The van der Waals surface area contributed by atoms with Gasteiger partial charge in [0.2, 0.25) is 0 Å². The quantitative estimate of drug-likeness (QED) is 0.0632. The number of methoxy groups -OCH3 is 3. The van der Waals surface area contributed by atoms with E-state index in [1.165, 1.54) is 18.2 Å². The molecule has 0 saturated heterocycles. The standard InChI is InChI=1S/3C16H16N2O4.Dy/c3*1-3-17-15(19)13-8-11(9-14(18-13)16(20)21)10-4-6-12(22-2)7-5-10;/h3*4-9H,3H2,1-2H3,(H,17,19)(H,20,21);. The van der Waals surface area contributed by atoms with Crippen LogP contribution < -0.4 is 30.2 Å². The summed E-state index contributed by atoms with van der Waals surface area (Å²) >= 11 is 0. The Morgan fingerprint density at radius 2 is 0.597 bits per heavy atom. The number of carboxylic acid groups (broad SMARTS) is 3. The fourth-order valence-electron chi connectivity index (χ4n) is 5.87. The van der Waals surface area contributed by atoms with E-state index in [9.17, 15) is 28.8 Å². The second-order valence-corrected chi connectivity index (χ2v) is 13.6. The molecular weight excluding hydrogens is 1020 g/mol. The molecule has 0 saturated carbocycles. The monoisotopic (exact) mass is 1060 g/mol. The predicted octanol–water partition coefficient (Wildman–Crippen LogP) is 6.62. The zero-order valence-corrected chi connectivity index (χ0v) is 39.2. The number of nitrogens with one attached hydrogen (secondary N) is 3. The van der Waals surface area contributed by atoms with E-state index in [0.717, 1.165) is 16.7 Å². The van der Waals surface area contributed by atoms with E-state index in [1.54, 1.807) is 133 Å². The van der Waals surface area contributed by atoms with E-state index in [2.05, 4.69) is 30.9 Å². The summed E-state index contributed by atoms with van der Waals surface area (Å²) in [5.41, 5.74) is 3.86. The van der Waals surface area contributed by atoms with E-state index in [0.29, 0.717) is 53.6 Å². The molecule has 0 unspecified atom stereocenters. The maximum Gasteiger partial charge on any atom is 0.354 e. The number of aromatic nitrogens is 3. The molecular formula is C48H48DyN6O12. The molecule has 67 heavy (non-hydrogen) atoms. The number of carboxylic acids is 3. The minimum absolute atomic E-state index is 0. The van der Waals surface area contributed by atoms with Crippen LogP contribution in [0.15, 0.2) is 109 Å². The minimum Gasteiger partial charge on any atom is -0.497 e. The Hall–Kier alpha value is -7.40. The number of hydrogen-bond donors (Lipinski definition) is 6. The number of nitrogens with zero attached hydrogens (tertiary/aromatic N) is 3. The molecule has 0 bridgehead atoms. The molecule has 3 aromatic carbocycles. The maximum absolute atomic E-state index is 11.9. The van der Waals surface area contributed by atoms with Gasteiger partial charge in [0.1, 0.15) is 51.4 Å². The fraction of sp³-hybridized carbons (Fsp3) is 0.188. The van der Waals surface area contributed by atoms with Crippen molar-refractivity contribution in [3.05, 3.63) is 143 Å². The summed E-state index contributed by atoms with van der Waals surface area (Å²) < 4.78 is 15.3. The molecule has 3 aromatic heterocycles. The summed E-state index contributed by atoms with van der Waals surface area (Å²) in [5.74, 6) is -2.66. The van der Waals surface area contributed by atoms with Crippen LogP contribution in [-0.2, 0) is 0 Å². The number of rotatable bonds is 15. The third-order valence-corrected chi connectivity index (χ3v) is 9.11. The Labute approximate surface area is 416 Å². The van der Waals surface area contributed by atoms with Crippen molar-refractivity contribution >= 4 is 35.6 Å². The van der Waals surface area contributed by atoms with Crippen molar-refractivity contribution in [1.29, 1.82) is 0 Å². The van der Waals surface area contributed by atoms with Crippen LogP contribution in [0.1, 0.15) is 83.7 Å². The van der Waals surface area contributed by atoms with Crippen LogP contribution in [0.25, 0.3) is 33.4 Å². The van der Waals surface area contributed by atoms with E-state index >= 15 is 0 Å². The second kappa shape index (κ2) is 26.5. The molecule has 0 fully saturated rings. The number of benzene rings is 3. The number of carbonyl (C=O) groups excluding carboxylic acids is 3. The van der Waals surface area contributed by atoms with Crippen molar-refractivity contribution < 1.29 is 96.5 Å². The topological polar surface area (TPSA) is 266 Å². The van der Waals surface area contributed by atoms with Gasteiger partial charge in [0.15, 0.2) is 0 Å². The normalized spacial score (nSPS) is 9.94. The SMILES string of the molecule is CCNC(=O)c1cc(-c2ccc(OC)cc2)cc(C(=O)O)n1.CCNC(=O)c1cc(-c2ccc(OC)cc2)cc(C(=O)O)n1.CCNC(=O)c1cc(-c2ccc(OC)cc2)cc(C(=O)O)n1.[Dy]. The van der Waals surface area contributed by atoms with Crippen LogP contribution in [0, 0.1) is 38.2 Å². The van der Waals surface area contributed by atoms with Crippen molar-refractivity contribution in [3.8, 4) is 50.6 Å². The summed E-state index contributed by atoms with van der Waals surface area (Å²) in [6.07, 6.45) is 0. The molecule has 18 nitrogen and oxygen atoms in total. The number of aromatic carboxylic acids is 3. The zero-order chi connectivity index (χ0) is 48.3. The molecule has 0 aliphatic rings. The molecule has 352 valence electrons. The van der Waals surface area contributed by atoms with Crippen molar-refractivity contribution in [2.75, 3.05) is 41.0 Å². The Morgan fingerprint density at radius 3 is 0.776 bits per heavy atom. The van der Waals surface area contributed by atoms with Crippen molar-refractivity contribution in [2.45, 2.75) is 20.8 Å². The molecule has 0 aliphatic heterocycles. The maximum atomic E-state index is 11.9. The first-order valence-corrected chi connectivity index (χ1v) is 20.2. The molecule has 6 aromatic rings. The molecule has 6 N–H and O–H groups in total. The number of amides is 3. The van der Waals surface area contributed by atoms with Crippen molar-refractivity contribution in [1.82, 2.24) is 30.9 Å². The summed E-state index contributed by atoms with van der Waals surface area (Å²) in [4.78, 5) is 81.0. The fourth-order valence-corrected chi connectivity index (χ4v) is 5.87. The van der Waals surface area contributed by atoms with Crippen LogP contribution in [0.2, 0.25) is 0 Å². The summed E-state index contributed by atoms with van der Waals surface area (Å²) in [7, 11) is 4.70. The van der Waals surface area contributed by atoms with Gasteiger partial charge >= 0.3 is 17.9 Å². The van der Waals surface area contributed by atoms with E-state index in [4.69, 9.17) is 29.5 Å². The Balaban J connectivity index is 0.000000264. The zero-order valence-electron chi connectivity index (χ0n) is 37.2. The average Bonchev–Trinajstić information content (AvgIpc) is 3.34. The van der Waals surface area contributed by atoms with Crippen LogP contribution in [0.3, 0.4) is 0 Å². The number of carbonyl (C=O) groups is 6. The predicted molar refractivity (Wildman–Crippen MR) is 244 cm³/mol. The number of ether oxygens (including phenoxy) is 3. The first-order chi connectivity index (χ1) is 31.6. The van der Waals surface area contributed by atoms with Gasteiger partial charge in [0.25, 0.3) is 17.7 Å². The van der Waals surface area contributed by atoms with Crippen molar-refractivity contribution in [2.24, 2.45) is 0 Å².